The summed E-state index contributed by atoms with van der Waals surface area (Å²) < 4.78 is 0. The predicted molar refractivity (Wildman–Crippen MR) is 62.9 cm³/mol. The van der Waals surface area contributed by atoms with Gasteiger partial charge in [-0.15, -0.1) is 0 Å². The second kappa shape index (κ2) is 4.57. The third kappa shape index (κ3) is 2.16. The molecule has 90 valence electrons. The molecule has 0 bridgehead atoms. The molecule has 0 aliphatic carbocycles. The van der Waals surface area contributed by atoms with E-state index in [1.165, 1.54) is 4.90 Å². The number of benzene rings is 1. The smallest absolute Gasteiger partial charge is 0.326 e. The molecule has 1 aliphatic heterocycles. The monoisotopic (exact) mass is 233 g/mol. The highest BCUT2D eigenvalue weighted by Crippen LogP contribution is 2.21. The molecule has 17 heavy (non-hydrogen) atoms. The van der Waals surface area contributed by atoms with E-state index in [0.29, 0.717) is 18.5 Å². The molecule has 0 saturated carbocycles. The number of rotatable bonds is 2. The Morgan fingerprint density at radius 2 is 2.06 bits per heavy atom. The number of nitrogens with zero attached hydrogens (tertiary/aromatic N) is 1. The largest absolute Gasteiger partial charge is 0.480 e. The highest BCUT2D eigenvalue weighted by molar-refractivity contribution is 5.98. The number of carbonyl (C=O) groups excluding carboxylic acids is 1. The number of likely N-dealkylation sites (tertiary alicyclic amines) is 1. The molecule has 0 radical (unpaired) electrons. The molecule has 1 aromatic rings. The van der Waals surface area contributed by atoms with E-state index in [4.69, 9.17) is 5.11 Å². The Labute approximate surface area is 99.9 Å². The van der Waals surface area contributed by atoms with Crippen molar-refractivity contribution in [1.29, 1.82) is 0 Å². The quantitative estimate of drug-likeness (QED) is 0.845. The van der Waals surface area contributed by atoms with Crippen LogP contribution in [0.4, 0.5) is 0 Å². The van der Waals surface area contributed by atoms with Crippen molar-refractivity contribution in [3.8, 4) is 0 Å². The Morgan fingerprint density at radius 1 is 1.35 bits per heavy atom. The molecule has 0 unspecified atom stereocenters. The van der Waals surface area contributed by atoms with Crippen molar-refractivity contribution in [2.75, 3.05) is 6.54 Å². The molecule has 1 amide bonds. The standard InChI is InChI=1S/C13H15NO3/c1-9-5-2-3-6-10(9)12(15)14-8-4-7-11(14)13(16)17/h2-3,5-6,11H,4,7-8H2,1H3,(H,16,17)/t11-/m1/s1. The summed E-state index contributed by atoms with van der Waals surface area (Å²) in [6.45, 7) is 2.39. The normalized spacial score (nSPS) is 19.4. The molecule has 4 heteroatoms. The molecule has 2 rings (SSSR count). The minimum absolute atomic E-state index is 0.173. The minimum atomic E-state index is -0.913. The van der Waals surface area contributed by atoms with Gasteiger partial charge in [0.15, 0.2) is 0 Å². The maximum absolute atomic E-state index is 12.2. The fraction of sp³-hybridized carbons (Fsp3) is 0.385. The van der Waals surface area contributed by atoms with Crippen LogP contribution in [-0.2, 0) is 4.79 Å². The van der Waals surface area contributed by atoms with Crippen molar-refractivity contribution >= 4 is 11.9 Å². The zero-order valence-corrected chi connectivity index (χ0v) is 9.72. The summed E-state index contributed by atoms with van der Waals surface area (Å²) in [6.07, 6.45) is 1.31. The molecule has 0 aromatic heterocycles. The number of carbonyl (C=O) groups is 2. The number of amides is 1. The minimum Gasteiger partial charge on any atom is -0.480 e. The van der Waals surface area contributed by atoms with Crippen LogP contribution in [0.5, 0.6) is 0 Å². The summed E-state index contributed by atoms with van der Waals surface area (Å²) in [7, 11) is 0. The van der Waals surface area contributed by atoms with Gasteiger partial charge in [0.05, 0.1) is 0 Å². The van der Waals surface area contributed by atoms with Crippen molar-refractivity contribution in [2.45, 2.75) is 25.8 Å². The number of aliphatic carboxylic acids is 1. The first-order valence-corrected chi connectivity index (χ1v) is 5.70. The van der Waals surface area contributed by atoms with E-state index in [0.717, 1.165) is 12.0 Å². The van der Waals surface area contributed by atoms with Crippen molar-refractivity contribution < 1.29 is 14.7 Å². The average molecular weight is 233 g/mol. The SMILES string of the molecule is Cc1ccccc1C(=O)N1CCC[C@@H]1C(=O)O. The third-order valence-electron chi connectivity index (χ3n) is 3.17. The maximum Gasteiger partial charge on any atom is 0.326 e. The zero-order chi connectivity index (χ0) is 12.4. The van der Waals surface area contributed by atoms with Gasteiger partial charge in [0.1, 0.15) is 6.04 Å². The van der Waals surface area contributed by atoms with Gasteiger partial charge in [0, 0.05) is 12.1 Å². The van der Waals surface area contributed by atoms with E-state index >= 15 is 0 Å². The first-order chi connectivity index (χ1) is 8.11. The summed E-state index contributed by atoms with van der Waals surface area (Å²) in [6, 6.07) is 6.60. The average Bonchev–Trinajstić information content (AvgIpc) is 2.77. The Hall–Kier alpha value is -1.84. The van der Waals surface area contributed by atoms with Gasteiger partial charge in [-0.1, -0.05) is 18.2 Å². The number of carboxylic acid groups (broad SMARTS) is 1. The molecule has 1 atom stereocenters. The lowest BCUT2D eigenvalue weighted by molar-refractivity contribution is -0.141. The van der Waals surface area contributed by atoms with Gasteiger partial charge in [-0.05, 0) is 31.4 Å². The zero-order valence-electron chi connectivity index (χ0n) is 9.72. The van der Waals surface area contributed by atoms with Gasteiger partial charge in [-0.3, -0.25) is 4.79 Å². The fourth-order valence-corrected chi connectivity index (χ4v) is 2.23. The van der Waals surface area contributed by atoms with E-state index in [1.54, 1.807) is 12.1 Å². The fourth-order valence-electron chi connectivity index (χ4n) is 2.23. The highest BCUT2D eigenvalue weighted by atomic mass is 16.4. The van der Waals surface area contributed by atoms with Crippen molar-refractivity contribution in [1.82, 2.24) is 4.90 Å². The van der Waals surface area contributed by atoms with E-state index < -0.39 is 12.0 Å². The van der Waals surface area contributed by atoms with Gasteiger partial charge in [0.2, 0.25) is 0 Å². The molecule has 1 aliphatic rings. The molecule has 1 saturated heterocycles. The van der Waals surface area contributed by atoms with Crippen LogP contribution >= 0.6 is 0 Å². The summed E-state index contributed by atoms with van der Waals surface area (Å²) in [4.78, 5) is 24.7. The van der Waals surface area contributed by atoms with Gasteiger partial charge < -0.3 is 10.0 Å². The van der Waals surface area contributed by atoms with Crippen LogP contribution in [-0.4, -0.2) is 34.5 Å². The van der Waals surface area contributed by atoms with E-state index in [9.17, 15) is 9.59 Å². The first-order valence-electron chi connectivity index (χ1n) is 5.70. The maximum atomic E-state index is 12.2. The van der Waals surface area contributed by atoms with E-state index in [1.807, 2.05) is 19.1 Å². The predicted octanol–water partition coefficient (Wildman–Crippen LogP) is 1.68. The molecule has 1 heterocycles. The first kappa shape index (κ1) is 11.6. The lowest BCUT2D eigenvalue weighted by Gasteiger charge is -2.22. The summed E-state index contributed by atoms with van der Waals surface area (Å²) in [5.41, 5.74) is 1.48. The lowest BCUT2D eigenvalue weighted by atomic mass is 10.1. The van der Waals surface area contributed by atoms with Crippen LogP contribution in [0.2, 0.25) is 0 Å². The Morgan fingerprint density at radius 3 is 2.71 bits per heavy atom. The van der Waals surface area contributed by atoms with Crippen molar-refractivity contribution in [2.24, 2.45) is 0 Å². The number of hydrogen-bond acceptors (Lipinski definition) is 2. The van der Waals surface area contributed by atoms with Crippen molar-refractivity contribution in [3.63, 3.8) is 0 Å². The second-order valence-electron chi connectivity index (χ2n) is 4.31. The van der Waals surface area contributed by atoms with E-state index in [-0.39, 0.29) is 5.91 Å². The van der Waals surface area contributed by atoms with Crippen molar-refractivity contribution in [3.05, 3.63) is 35.4 Å². The molecule has 0 spiro atoms. The highest BCUT2D eigenvalue weighted by Gasteiger charge is 2.34. The van der Waals surface area contributed by atoms with Gasteiger partial charge in [-0.25, -0.2) is 4.79 Å². The molecule has 4 nitrogen and oxygen atoms in total. The van der Waals surface area contributed by atoms with Crippen LogP contribution in [0.1, 0.15) is 28.8 Å². The van der Waals surface area contributed by atoms with Crippen LogP contribution in [0.15, 0.2) is 24.3 Å². The summed E-state index contributed by atoms with van der Waals surface area (Å²) >= 11 is 0. The van der Waals surface area contributed by atoms with Crippen LogP contribution in [0, 0.1) is 6.92 Å². The van der Waals surface area contributed by atoms with Gasteiger partial charge in [-0.2, -0.15) is 0 Å². The number of aryl methyl sites for hydroxylation is 1. The number of hydrogen-bond donors (Lipinski definition) is 1. The molecular formula is C13H15NO3. The van der Waals surface area contributed by atoms with Crippen LogP contribution in [0.25, 0.3) is 0 Å². The lowest BCUT2D eigenvalue weighted by Crippen LogP contribution is -2.40. The summed E-state index contributed by atoms with van der Waals surface area (Å²) in [5.74, 6) is -1.09. The molecular weight excluding hydrogens is 218 g/mol. The molecule has 1 fully saturated rings. The second-order valence-corrected chi connectivity index (χ2v) is 4.31. The Balaban J connectivity index is 2.26. The topological polar surface area (TPSA) is 57.6 Å². The van der Waals surface area contributed by atoms with Crippen LogP contribution < -0.4 is 0 Å². The Bertz CT molecular complexity index is 456. The molecule has 1 N–H and O–H groups in total. The Kier molecular flexibility index (Phi) is 3.13. The number of carboxylic acids is 1. The molecule has 1 aromatic carbocycles. The van der Waals surface area contributed by atoms with Crippen LogP contribution in [0.3, 0.4) is 0 Å². The summed E-state index contributed by atoms with van der Waals surface area (Å²) in [5, 5.41) is 9.05. The van der Waals surface area contributed by atoms with Gasteiger partial charge >= 0.3 is 5.97 Å². The van der Waals surface area contributed by atoms with E-state index in [2.05, 4.69) is 0 Å². The van der Waals surface area contributed by atoms with Gasteiger partial charge in [0.25, 0.3) is 5.91 Å². The third-order valence-corrected chi connectivity index (χ3v) is 3.17.